The first-order chi connectivity index (χ1) is 11.8. The minimum absolute atomic E-state index is 0.211. The normalized spacial score (nSPS) is 17.0. The van der Waals surface area contributed by atoms with Gasteiger partial charge in [0.1, 0.15) is 5.52 Å². The number of anilines is 1. The zero-order valence-electron chi connectivity index (χ0n) is 13.1. The van der Waals surface area contributed by atoms with E-state index in [1.54, 1.807) is 0 Å². The lowest BCUT2D eigenvalue weighted by atomic mass is 10.1. The Morgan fingerprint density at radius 1 is 1.33 bits per heavy atom. The van der Waals surface area contributed by atoms with Crippen LogP contribution in [0.25, 0.3) is 11.1 Å². The van der Waals surface area contributed by atoms with Crippen molar-refractivity contribution >= 4 is 22.7 Å². The van der Waals surface area contributed by atoms with Crippen molar-refractivity contribution in [2.45, 2.75) is 31.7 Å². The second-order valence-electron chi connectivity index (χ2n) is 6.42. The molecule has 1 aliphatic heterocycles. The van der Waals surface area contributed by atoms with Crippen molar-refractivity contribution in [3.8, 4) is 0 Å². The lowest BCUT2D eigenvalue weighted by molar-refractivity contribution is 0.102. The summed E-state index contributed by atoms with van der Waals surface area (Å²) in [5, 5.41) is 13.3. The maximum atomic E-state index is 12.5. The molecular formula is C17H17N5O2. The first-order valence-corrected chi connectivity index (χ1v) is 8.26. The molecule has 1 aliphatic carbocycles. The van der Waals surface area contributed by atoms with Crippen LogP contribution < -0.4 is 10.6 Å². The predicted molar refractivity (Wildman–Crippen MR) is 87.9 cm³/mol. The molecule has 0 radical (unpaired) electrons. The number of carbonyl (C=O) groups excluding carboxylic acids is 1. The molecule has 0 atom stereocenters. The van der Waals surface area contributed by atoms with E-state index in [4.69, 9.17) is 4.42 Å². The summed E-state index contributed by atoms with van der Waals surface area (Å²) in [6.07, 6.45) is 3.16. The number of amides is 1. The number of benzene rings is 1. The number of oxazole rings is 1. The van der Waals surface area contributed by atoms with Crippen LogP contribution in [0, 0.1) is 0 Å². The van der Waals surface area contributed by atoms with Crippen LogP contribution in [-0.2, 0) is 13.0 Å². The largest absolute Gasteiger partial charge is 0.440 e. The Kier molecular flexibility index (Phi) is 2.96. The van der Waals surface area contributed by atoms with Crippen molar-refractivity contribution in [2.24, 2.45) is 0 Å². The van der Waals surface area contributed by atoms with Gasteiger partial charge in [-0.1, -0.05) is 0 Å². The average Bonchev–Trinajstić information content (AvgIpc) is 3.21. The molecule has 0 bridgehead atoms. The van der Waals surface area contributed by atoms with Gasteiger partial charge in [-0.15, -0.1) is 0 Å². The molecule has 1 fully saturated rings. The number of carbonyl (C=O) groups is 1. The molecule has 5 rings (SSSR count). The summed E-state index contributed by atoms with van der Waals surface area (Å²) in [5.41, 5.74) is 4.67. The van der Waals surface area contributed by atoms with Crippen molar-refractivity contribution in [2.75, 3.05) is 11.9 Å². The molecule has 7 heteroatoms. The Labute approximate surface area is 137 Å². The fourth-order valence-electron chi connectivity index (χ4n) is 3.13. The van der Waals surface area contributed by atoms with Crippen LogP contribution in [-0.4, -0.2) is 27.6 Å². The zero-order valence-corrected chi connectivity index (χ0v) is 13.1. The average molecular weight is 323 g/mol. The van der Waals surface area contributed by atoms with Crippen LogP contribution in [0.5, 0.6) is 0 Å². The Morgan fingerprint density at radius 3 is 3.12 bits per heavy atom. The van der Waals surface area contributed by atoms with Gasteiger partial charge in [0, 0.05) is 48.4 Å². The first kappa shape index (κ1) is 13.7. The van der Waals surface area contributed by atoms with Gasteiger partial charge in [-0.2, -0.15) is 5.10 Å². The van der Waals surface area contributed by atoms with E-state index >= 15 is 0 Å². The van der Waals surface area contributed by atoms with Gasteiger partial charge in [-0.3, -0.25) is 9.89 Å². The second-order valence-corrected chi connectivity index (χ2v) is 6.42. The molecule has 0 spiro atoms. The Bertz CT molecular complexity index is 938. The van der Waals surface area contributed by atoms with Crippen molar-refractivity contribution in [1.29, 1.82) is 0 Å². The maximum Gasteiger partial charge on any atom is 0.276 e. The SMILES string of the molecule is O=C(Nc1ccc2nc(C3CC3)oc2c1)c1n[nH]c2c1CNCC2. The van der Waals surface area contributed by atoms with Gasteiger partial charge in [0.15, 0.2) is 17.2 Å². The molecule has 2 aliphatic rings. The molecule has 3 aromatic rings. The third kappa shape index (κ3) is 2.28. The zero-order chi connectivity index (χ0) is 16.1. The first-order valence-electron chi connectivity index (χ1n) is 8.26. The number of aromatic nitrogens is 3. The van der Waals surface area contributed by atoms with Crippen molar-refractivity contribution in [3.05, 3.63) is 41.0 Å². The monoisotopic (exact) mass is 323 g/mol. The summed E-state index contributed by atoms with van der Waals surface area (Å²) in [4.78, 5) is 17.0. The van der Waals surface area contributed by atoms with E-state index in [0.29, 0.717) is 29.4 Å². The van der Waals surface area contributed by atoms with E-state index in [1.807, 2.05) is 18.2 Å². The lowest BCUT2D eigenvalue weighted by Gasteiger charge is -2.12. The molecular weight excluding hydrogens is 306 g/mol. The highest BCUT2D eigenvalue weighted by Gasteiger charge is 2.29. The predicted octanol–water partition coefficient (Wildman–Crippen LogP) is 2.33. The summed E-state index contributed by atoms with van der Waals surface area (Å²) < 4.78 is 5.80. The number of hydrogen-bond donors (Lipinski definition) is 3. The number of fused-ring (bicyclic) bond motifs is 2. The number of hydrogen-bond acceptors (Lipinski definition) is 5. The highest BCUT2D eigenvalue weighted by Crippen LogP contribution is 2.40. The molecule has 3 N–H and O–H groups in total. The van der Waals surface area contributed by atoms with E-state index in [2.05, 4.69) is 25.8 Å². The third-order valence-corrected chi connectivity index (χ3v) is 4.61. The van der Waals surface area contributed by atoms with Gasteiger partial charge < -0.3 is 15.1 Å². The molecule has 1 aromatic carbocycles. The van der Waals surface area contributed by atoms with Crippen molar-refractivity contribution in [1.82, 2.24) is 20.5 Å². The van der Waals surface area contributed by atoms with Gasteiger partial charge in [0.05, 0.1) is 0 Å². The standard InChI is InChI=1S/C17H17N5O2/c23-16(15-11-8-18-6-5-12(11)21-22-15)19-10-3-4-13-14(7-10)24-17(20-13)9-1-2-9/h3-4,7,9,18H,1-2,5-6,8H2,(H,19,23)(H,21,22). The fourth-order valence-corrected chi connectivity index (χ4v) is 3.13. The van der Waals surface area contributed by atoms with Crippen LogP contribution in [0.1, 0.15) is 46.4 Å². The highest BCUT2D eigenvalue weighted by atomic mass is 16.3. The number of aromatic amines is 1. The molecule has 0 unspecified atom stereocenters. The Morgan fingerprint density at radius 2 is 2.25 bits per heavy atom. The minimum Gasteiger partial charge on any atom is -0.440 e. The molecule has 122 valence electrons. The number of nitrogens with one attached hydrogen (secondary N) is 3. The van der Waals surface area contributed by atoms with Crippen LogP contribution in [0.15, 0.2) is 22.6 Å². The summed E-state index contributed by atoms with van der Waals surface area (Å²) in [6.45, 7) is 1.57. The topological polar surface area (TPSA) is 95.8 Å². The van der Waals surface area contributed by atoms with E-state index in [-0.39, 0.29) is 5.91 Å². The lowest BCUT2D eigenvalue weighted by Crippen LogP contribution is -2.25. The summed E-state index contributed by atoms with van der Waals surface area (Å²) >= 11 is 0. The van der Waals surface area contributed by atoms with Gasteiger partial charge in [0.2, 0.25) is 0 Å². The van der Waals surface area contributed by atoms with Gasteiger partial charge >= 0.3 is 0 Å². The molecule has 24 heavy (non-hydrogen) atoms. The van der Waals surface area contributed by atoms with Crippen LogP contribution >= 0.6 is 0 Å². The van der Waals surface area contributed by atoms with E-state index in [0.717, 1.165) is 48.5 Å². The molecule has 1 amide bonds. The minimum atomic E-state index is -0.211. The van der Waals surface area contributed by atoms with Gasteiger partial charge in [-0.05, 0) is 25.0 Å². The number of nitrogens with zero attached hydrogens (tertiary/aromatic N) is 2. The van der Waals surface area contributed by atoms with Crippen LogP contribution in [0.2, 0.25) is 0 Å². The summed E-state index contributed by atoms with van der Waals surface area (Å²) in [6, 6.07) is 5.54. The molecule has 3 heterocycles. The molecule has 1 saturated carbocycles. The number of H-pyrrole nitrogens is 1. The van der Waals surface area contributed by atoms with Crippen molar-refractivity contribution in [3.63, 3.8) is 0 Å². The molecule has 2 aromatic heterocycles. The van der Waals surface area contributed by atoms with E-state index in [1.165, 1.54) is 0 Å². The second kappa shape index (κ2) is 5.17. The van der Waals surface area contributed by atoms with Crippen LogP contribution in [0.3, 0.4) is 0 Å². The third-order valence-electron chi connectivity index (χ3n) is 4.61. The summed E-state index contributed by atoms with van der Waals surface area (Å²) in [5.74, 6) is 1.07. The number of rotatable bonds is 3. The van der Waals surface area contributed by atoms with E-state index in [9.17, 15) is 4.79 Å². The quantitative estimate of drug-likeness (QED) is 0.687. The highest BCUT2D eigenvalue weighted by molar-refractivity contribution is 6.04. The van der Waals surface area contributed by atoms with Crippen molar-refractivity contribution < 1.29 is 9.21 Å². The maximum absolute atomic E-state index is 12.5. The van der Waals surface area contributed by atoms with E-state index < -0.39 is 0 Å². The van der Waals surface area contributed by atoms with Gasteiger partial charge in [-0.25, -0.2) is 4.98 Å². The fraction of sp³-hybridized carbons (Fsp3) is 0.353. The molecule has 0 saturated heterocycles. The Hall–Kier alpha value is -2.67. The van der Waals surface area contributed by atoms with Gasteiger partial charge in [0.25, 0.3) is 5.91 Å². The van der Waals surface area contributed by atoms with Crippen LogP contribution in [0.4, 0.5) is 5.69 Å². The summed E-state index contributed by atoms with van der Waals surface area (Å²) in [7, 11) is 0. The Balaban J connectivity index is 1.41. The molecule has 7 nitrogen and oxygen atoms in total. The smallest absolute Gasteiger partial charge is 0.276 e.